The van der Waals surface area contributed by atoms with Gasteiger partial charge in [-0.3, -0.25) is 9.59 Å². The lowest BCUT2D eigenvalue weighted by molar-refractivity contribution is -0.138. The van der Waals surface area contributed by atoms with Crippen molar-refractivity contribution in [2.45, 2.75) is 39.7 Å². The molecule has 0 bridgehead atoms. The summed E-state index contributed by atoms with van der Waals surface area (Å²) in [6.07, 6.45) is 0.575. The van der Waals surface area contributed by atoms with Crippen LogP contribution in [0, 0.1) is 5.41 Å². The second kappa shape index (κ2) is 6.78. The summed E-state index contributed by atoms with van der Waals surface area (Å²) in [7, 11) is 1.71. The van der Waals surface area contributed by atoms with E-state index in [9.17, 15) is 14.4 Å². The van der Waals surface area contributed by atoms with E-state index in [0.717, 1.165) is 6.42 Å². The fourth-order valence-electron chi connectivity index (χ4n) is 2.15. The van der Waals surface area contributed by atoms with E-state index in [-0.39, 0.29) is 30.3 Å². The molecule has 1 unspecified atom stereocenters. The quantitative estimate of drug-likeness (QED) is 0.804. The third-order valence-corrected chi connectivity index (χ3v) is 3.68. The third-order valence-electron chi connectivity index (χ3n) is 3.68. The summed E-state index contributed by atoms with van der Waals surface area (Å²) < 4.78 is 0. The number of carboxylic acid groups (broad SMARTS) is 1. The zero-order chi connectivity index (χ0) is 16.2. The first-order valence-corrected chi connectivity index (χ1v) is 7.12. The Labute approximate surface area is 125 Å². The van der Waals surface area contributed by atoms with Gasteiger partial charge in [0.25, 0.3) is 0 Å². The molecular weight excluding hydrogens is 274 g/mol. The van der Waals surface area contributed by atoms with Crippen LogP contribution in [0.4, 0.5) is 4.79 Å². The fraction of sp³-hybridized carbons (Fsp3) is 0.786. The molecule has 21 heavy (non-hydrogen) atoms. The number of likely N-dealkylation sites (N-methyl/N-ethyl adjacent to an activating group) is 1. The summed E-state index contributed by atoms with van der Waals surface area (Å²) in [5.74, 6) is -1.06. The summed E-state index contributed by atoms with van der Waals surface area (Å²) in [4.78, 5) is 38.1. The number of nitrogens with zero attached hydrogens (tertiary/aromatic N) is 2. The molecule has 0 spiro atoms. The summed E-state index contributed by atoms with van der Waals surface area (Å²) in [6, 6.07) is -0.863. The summed E-state index contributed by atoms with van der Waals surface area (Å²) >= 11 is 0. The first-order valence-electron chi connectivity index (χ1n) is 7.12. The molecule has 1 rings (SSSR count). The molecule has 0 aromatic heterocycles. The predicted octanol–water partition coefficient (Wildman–Crippen LogP) is 0.750. The van der Waals surface area contributed by atoms with Gasteiger partial charge in [0.15, 0.2) is 0 Å². The number of carbonyl (C=O) groups is 3. The van der Waals surface area contributed by atoms with E-state index in [0.29, 0.717) is 13.1 Å². The van der Waals surface area contributed by atoms with Crippen LogP contribution in [0.25, 0.3) is 0 Å². The summed E-state index contributed by atoms with van der Waals surface area (Å²) in [5, 5.41) is 11.7. The second-order valence-electron chi connectivity index (χ2n) is 6.56. The van der Waals surface area contributed by atoms with Gasteiger partial charge in [-0.1, -0.05) is 20.8 Å². The van der Waals surface area contributed by atoms with Crippen molar-refractivity contribution < 1.29 is 19.5 Å². The number of urea groups is 1. The number of nitrogens with one attached hydrogen (secondary N) is 1. The number of amides is 3. The van der Waals surface area contributed by atoms with Crippen LogP contribution in [-0.2, 0) is 9.59 Å². The summed E-state index contributed by atoms with van der Waals surface area (Å²) in [5.41, 5.74) is -0.374. The van der Waals surface area contributed by atoms with E-state index in [1.807, 2.05) is 20.8 Å². The average molecular weight is 299 g/mol. The minimum absolute atomic E-state index is 0.0340. The molecule has 2 N–H and O–H groups in total. The molecule has 1 heterocycles. The normalized spacial score (nSPS) is 18.2. The van der Waals surface area contributed by atoms with Crippen molar-refractivity contribution in [1.82, 2.24) is 15.1 Å². The molecule has 0 aliphatic carbocycles. The number of hydrogen-bond acceptors (Lipinski definition) is 3. The standard InChI is InChI=1S/C14H25N3O4/c1-14(2,3)10(8-12(19)20)15-13(21)17-7-5-6-16(4)11(18)9-17/h10H,5-9H2,1-4H3,(H,15,21)(H,19,20). The number of carboxylic acids is 1. The van der Waals surface area contributed by atoms with Gasteiger partial charge in [0.2, 0.25) is 5.91 Å². The van der Waals surface area contributed by atoms with E-state index in [4.69, 9.17) is 5.11 Å². The third kappa shape index (κ3) is 5.24. The van der Waals surface area contributed by atoms with Gasteiger partial charge in [0.05, 0.1) is 6.42 Å². The average Bonchev–Trinajstić information content (AvgIpc) is 2.49. The highest BCUT2D eigenvalue weighted by Gasteiger charge is 2.31. The molecule has 1 aliphatic heterocycles. The Morgan fingerprint density at radius 1 is 1.33 bits per heavy atom. The summed E-state index contributed by atoms with van der Waals surface area (Å²) in [6.45, 7) is 6.78. The van der Waals surface area contributed by atoms with E-state index in [1.165, 1.54) is 4.90 Å². The largest absolute Gasteiger partial charge is 0.481 e. The Morgan fingerprint density at radius 2 is 1.95 bits per heavy atom. The molecule has 0 saturated carbocycles. The molecular formula is C14H25N3O4. The molecule has 0 radical (unpaired) electrons. The minimum Gasteiger partial charge on any atom is -0.481 e. The molecule has 120 valence electrons. The minimum atomic E-state index is -0.957. The maximum Gasteiger partial charge on any atom is 0.318 e. The van der Waals surface area contributed by atoms with Crippen LogP contribution in [0.15, 0.2) is 0 Å². The van der Waals surface area contributed by atoms with Crippen LogP contribution >= 0.6 is 0 Å². The lowest BCUT2D eigenvalue weighted by Gasteiger charge is -2.32. The zero-order valence-electron chi connectivity index (χ0n) is 13.2. The monoisotopic (exact) mass is 299 g/mol. The molecule has 0 aromatic rings. The van der Waals surface area contributed by atoms with Crippen molar-refractivity contribution >= 4 is 17.9 Å². The van der Waals surface area contributed by atoms with Gasteiger partial charge >= 0.3 is 12.0 Å². The van der Waals surface area contributed by atoms with Crippen molar-refractivity contribution in [2.24, 2.45) is 5.41 Å². The number of carbonyl (C=O) groups excluding carboxylic acids is 2. The lowest BCUT2D eigenvalue weighted by atomic mass is 9.85. The van der Waals surface area contributed by atoms with E-state index in [2.05, 4.69) is 5.32 Å². The van der Waals surface area contributed by atoms with Crippen LogP contribution < -0.4 is 5.32 Å². The van der Waals surface area contributed by atoms with Crippen molar-refractivity contribution in [3.63, 3.8) is 0 Å². The first kappa shape index (κ1) is 17.3. The van der Waals surface area contributed by atoms with E-state index >= 15 is 0 Å². The highest BCUT2D eigenvalue weighted by molar-refractivity contribution is 5.84. The molecule has 7 heteroatoms. The van der Waals surface area contributed by atoms with Gasteiger partial charge < -0.3 is 20.2 Å². The van der Waals surface area contributed by atoms with Crippen LogP contribution in [-0.4, -0.2) is 65.5 Å². The Hall–Kier alpha value is -1.79. The Bertz CT molecular complexity index is 417. The SMILES string of the molecule is CN1CCCN(C(=O)NC(CC(=O)O)C(C)(C)C)CC1=O. The van der Waals surface area contributed by atoms with Gasteiger partial charge in [-0.25, -0.2) is 4.79 Å². The second-order valence-corrected chi connectivity index (χ2v) is 6.56. The Kier molecular flexibility index (Phi) is 5.57. The molecule has 3 amide bonds. The fourth-order valence-corrected chi connectivity index (χ4v) is 2.15. The molecule has 1 saturated heterocycles. The predicted molar refractivity (Wildman–Crippen MR) is 77.9 cm³/mol. The van der Waals surface area contributed by atoms with Gasteiger partial charge in [0, 0.05) is 26.2 Å². The van der Waals surface area contributed by atoms with Crippen molar-refractivity contribution in [1.29, 1.82) is 0 Å². The topological polar surface area (TPSA) is 89.9 Å². The smallest absolute Gasteiger partial charge is 0.318 e. The molecule has 1 atom stereocenters. The van der Waals surface area contributed by atoms with Crippen molar-refractivity contribution in [3.8, 4) is 0 Å². The van der Waals surface area contributed by atoms with Crippen LogP contribution in [0.2, 0.25) is 0 Å². The molecule has 1 fully saturated rings. The highest BCUT2D eigenvalue weighted by Crippen LogP contribution is 2.22. The van der Waals surface area contributed by atoms with Gasteiger partial charge in [0.1, 0.15) is 6.54 Å². The van der Waals surface area contributed by atoms with Crippen LogP contribution in [0.3, 0.4) is 0 Å². The zero-order valence-corrected chi connectivity index (χ0v) is 13.2. The molecule has 1 aliphatic rings. The number of rotatable bonds is 3. The van der Waals surface area contributed by atoms with Gasteiger partial charge in [-0.05, 0) is 11.8 Å². The highest BCUT2D eigenvalue weighted by atomic mass is 16.4. The van der Waals surface area contributed by atoms with Gasteiger partial charge in [-0.15, -0.1) is 0 Å². The van der Waals surface area contributed by atoms with Crippen molar-refractivity contribution in [2.75, 3.05) is 26.7 Å². The van der Waals surface area contributed by atoms with Gasteiger partial charge in [-0.2, -0.15) is 0 Å². The van der Waals surface area contributed by atoms with Crippen molar-refractivity contribution in [3.05, 3.63) is 0 Å². The van der Waals surface area contributed by atoms with E-state index in [1.54, 1.807) is 11.9 Å². The maximum atomic E-state index is 12.3. The maximum absolute atomic E-state index is 12.3. The number of hydrogen-bond donors (Lipinski definition) is 2. The van der Waals surface area contributed by atoms with Crippen LogP contribution in [0.1, 0.15) is 33.6 Å². The lowest BCUT2D eigenvalue weighted by Crippen LogP contribution is -2.51. The first-order chi connectivity index (χ1) is 9.61. The number of aliphatic carboxylic acids is 1. The van der Waals surface area contributed by atoms with Crippen LogP contribution in [0.5, 0.6) is 0 Å². The molecule has 7 nitrogen and oxygen atoms in total. The molecule has 0 aromatic carbocycles. The Balaban J connectivity index is 2.72. The van der Waals surface area contributed by atoms with E-state index < -0.39 is 12.0 Å². The Morgan fingerprint density at radius 3 is 2.48 bits per heavy atom.